The largest absolute Gasteiger partial charge is 0.335 e. The van der Waals surface area contributed by atoms with Crippen LogP contribution in [-0.2, 0) is 16.4 Å². The van der Waals surface area contributed by atoms with Gasteiger partial charge in [-0.25, -0.2) is 12.8 Å². The predicted octanol–water partition coefficient (Wildman–Crippen LogP) is 2.90. The Kier molecular flexibility index (Phi) is 5.45. The maximum atomic E-state index is 13.9. The molecule has 0 N–H and O–H groups in total. The minimum absolute atomic E-state index is 0.0688. The molecular weight excluding hydrogens is 375 g/mol. The lowest BCUT2D eigenvalue weighted by molar-refractivity contribution is 0.0702. The van der Waals surface area contributed by atoms with Crippen molar-refractivity contribution < 1.29 is 17.6 Å². The monoisotopic (exact) mass is 396 g/mol. The fourth-order valence-corrected chi connectivity index (χ4v) is 5.63. The summed E-state index contributed by atoms with van der Waals surface area (Å²) in [6, 6.07) is 7.26. The van der Waals surface area contributed by atoms with Gasteiger partial charge in [-0.2, -0.15) is 4.31 Å². The van der Waals surface area contributed by atoms with E-state index in [-0.39, 0.29) is 23.9 Å². The Labute approximate surface area is 157 Å². The van der Waals surface area contributed by atoms with Gasteiger partial charge < -0.3 is 4.90 Å². The minimum atomic E-state index is -3.89. The molecule has 2 heterocycles. The second kappa shape index (κ2) is 7.46. The molecule has 0 unspecified atom stereocenters. The van der Waals surface area contributed by atoms with Crippen LogP contribution in [0.25, 0.3) is 0 Å². The lowest BCUT2D eigenvalue weighted by Gasteiger charge is -2.33. The third-order valence-corrected chi connectivity index (χ3v) is 7.83. The van der Waals surface area contributed by atoms with Crippen molar-refractivity contribution in [3.8, 4) is 0 Å². The Morgan fingerprint density at radius 3 is 2.42 bits per heavy atom. The number of thiophene rings is 1. The van der Waals surface area contributed by atoms with Crippen LogP contribution in [-0.4, -0.2) is 49.7 Å². The van der Waals surface area contributed by atoms with Gasteiger partial charge in [-0.15, -0.1) is 11.3 Å². The Hall–Kier alpha value is -1.77. The fraction of sp³-hybridized carbons (Fsp3) is 0.389. The molecule has 1 amide bonds. The van der Waals surface area contributed by atoms with E-state index in [4.69, 9.17) is 0 Å². The van der Waals surface area contributed by atoms with Crippen LogP contribution in [0.4, 0.5) is 4.39 Å². The van der Waals surface area contributed by atoms with E-state index in [1.807, 2.05) is 13.0 Å². The predicted molar refractivity (Wildman–Crippen MR) is 99.5 cm³/mol. The van der Waals surface area contributed by atoms with Gasteiger partial charge in [0.25, 0.3) is 5.91 Å². The van der Waals surface area contributed by atoms with Crippen LogP contribution in [0.2, 0.25) is 0 Å². The second-order valence-electron chi connectivity index (χ2n) is 6.20. The number of hydrogen-bond donors (Lipinski definition) is 0. The van der Waals surface area contributed by atoms with Crippen LogP contribution in [0.15, 0.2) is 35.2 Å². The molecule has 0 saturated carbocycles. The fourth-order valence-electron chi connectivity index (χ4n) is 3.06. The van der Waals surface area contributed by atoms with Crippen molar-refractivity contribution in [3.63, 3.8) is 0 Å². The molecule has 0 aliphatic carbocycles. The molecule has 1 saturated heterocycles. The Morgan fingerprint density at radius 1 is 1.19 bits per heavy atom. The first-order valence-corrected chi connectivity index (χ1v) is 10.7. The van der Waals surface area contributed by atoms with Gasteiger partial charge in [0.2, 0.25) is 10.0 Å². The van der Waals surface area contributed by atoms with Crippen LogP contribution in [0.3, 0.4) is 0 Å². The van der Waals surface area contributed by atoms with Crippen molar-refractivity contribution in [3.05, 3.63) is 51.5 Å². The molecule has 1 aromatic carbocycles. The molecule has 0 spiro atoms. The average molecular weight is 397 g/mol. The van der Waals surface area contributed by atoms with E-state index in [9.17, 15) is 17.6 Å². The molecule has 3 rings (SSSR count). The van der Waals surface area contributed by atoms with Crippen molar-refractivity contribution in [2.75, 3.05) is 26.2 Å². The molecule has 1 aliphatic heterocycles. The molecule has 1 fully saturated rings. The minimum Gasteiger partial charge on any atom is -0.335 e. The normalized spacial score (nSPS) is 16.0. The smallest absolute Gasteiger partial charge is 0.264 e. The summed E-state index contributed by atoms with van der Waals surface area (Å²) < 4.78 is 40.4. The van der Waals surface area contributed by atoms with Gasteiger partial charge in [0, 0.05) is 31.1 Å². The Balaban J connectivity index is 1.71. The van der Waals surface area contributed by atoms with Crippen molar-refractivity contribution in [2.24, 2.45) is 0 Å². The number of nitrogens with zero attached hydrogens (tertiary/aromatic N) is 2. The Bertz CT molecular complexity index is 916. The van der Waals surface area contributed by atoms with Crippen molar-refractivity contribution >= 4 is 27.3 Å². The highest BCUT2D eigenvalue weighted by molar-refractivity contribution is 7.89. The number of carbonyl (C=O) groups excluding carboxylic acids is 1. The number of piperazine rings is 1. The summed E-state index contributed by atoms with van der Waals surface area (Å²) in [7, 11) is -3.89. The molecule has 2 aromatic rings. The number of aryl methyl sites for hydroxylation is 2. The summed E-state index contributed by atoms with van der Waals surface area (Å²) in [5.74, 6) is -0.826. The lowest BCUT2D eigenvalue weighted by Crippen LogP contribution is -2.50. The summed E-state index contributed by atoms with van der Waals surface area (Å²) in [6.07, 6.45) is 0.887. The summed E-state index contributed by atoms with van der Waals surface area (Å²) >= 11 is 1.49. The maximum absolute atomic E-state index is 13.9. The van der Waals surface area contributed by atoms with E-state index in [1.54, 1.807) is 4.90 Å². The molecule has 1 aromatic heterocycles. The molecule has 0 atom stereocenters. The van der Waals surface area contributed by atoms with Crippen molar-refractivity contribution in [2.45, 2.75) is 25.2 Å². The van der Waals surface area contributed by atoms with Crippen LogP contribution >= 0.6 is 11.3 Å². The quantitative estimate of drug-likeness (QED) is 0.799. The molecule has 140 valence electrons. The topological polar surface area (TPSA) is 57.7 Å². The van der Waals surface area contributed by atoms with E-state index in [0.717, 1.165) is 18.1 Å². The van der Waals surface area contributed by atoms with Crippen molar-refractivity contribution in [1.29, 1.82) is 0 Å². The lowest BCUT2D eigenvalue weighted by atomic mass is 10.2. The van der Waals surface area contributed by atoms with E-state index >= 15 is 0 Å². The number of hydrogen-bond acceptors (Lipinski definition) is 4. The van der Waals surface area contributed by atoms with Gasteiger partial charge in [0.15, 0.2) is 0 Å². The SMILES string of the molecule is CCc1sc(C(=O)N2CCN(S(=O)(=O)c3ccccc3F)CC2)cc1C. The molecule has 0 radical (unpaired) electrons. The van der Waals surface area contributed by atoms with E-state index in [2.05, 4.69) is 6.92 Å². The third kappa shape index (κ3) is 3.54. The number of rotatable bonds is 4. The summed E-state index contributed by atoms with van der Waals surface area (Å²) in [5, 5.41) is 0. The zero-order chi connectivity index (χ0) is 18.9. The van der Waals surface area contributed by atoms with Gasteiger partial charge >= 0.3 is 0 Å². The van der Waals surface area contributed by atoms with Gasteiger partial charge in [-0.1, -0.05) is 19.1 Å². The first-order valence-electron chi connectivity index (χ1n) is 8.48. The Morgan fingerprint density at radius 2 is 1.85 bits per heavy atom. The van der Waals surface area contributed by atoms with Crippen LogP contribution < -0.4 is 0 Å². The summed E-state index contributed by atoms with van der Waals surface area (Å²) in [6.45, 7) is 4.96. The van der Waals surface area contributed by atoms with E-state index < -0.39 is 15.8 Å². The first-order chi connectivity index (χ1) is 12.3. The summed E-state index contributed by atoms with van der Waals surface area (Å²) in [5.41, 5.74) is 1.11. The molecule has 0 bridgehead atoms. The average Bonchev–Trinajstić information content (AvgIpc) is 3.02. The zero-order valence-electron chi connectivity index (χ0n) is 14.7. The highest BCUT2D eigenvalue weighted by Crippen LogP contribution is 2.25. The number of halogens is 1. The van der Waals surface area contributed by atoms with Crippen LogP contribution in [0.1, 0.15) is 27.0 Å². The van der Waals surface area contributed by atoms with Gasteiger partial charge in [-0.3, -0.25) is 4.79 Å². The summed E-state index contributed by atoms with van der Waals surface area (Å²) in [4.78, 5) is 15.9. The molecule has 8 heteroatoms. The molecular formula is C18H21FN2O3S2. The third-order valence-electron chi connectivity index (χ3n) is 4.53. The number of benzene rings is 1. The number of amides is 1. The first kappa shape index (κ1) is 19.0. The van der Waals surface area contributed by atoms with Crippen molar-refractivity contribution in [1.82, 2.24) is 9.21 Å². The van der Waals surface area contributed by atoms with Gasteiger partial charge in [0.05, 0.1) is 4.88 Å². The number of sulfonamides is 1. The molecule has 5 nitrogen and oxygen atoms in total. The van der Waals surface area contributed by atoms with Crippen LogP contribution in [0.5, 0.6) is 0 Å². The van der Waals surface area contributed by atoms with E-state index in [0.29, 0.717) is 18.0 Å². The molecule has 26 heavy (non-hydrogen) atoms. The highest BCUT2D eigenvalue weighted by Gasteiger charge is 2.32. The van der Waals surface area contributed by atoms with E-state index in [1.165, 1.54) is 38.7 Å². The molecule has 1 aliphatic rings. The van der Waals surface area contributed by atoms with Gasteiger partial charge in [0.1, 0.15) is 10.7 Å². The standard InChI is InChI=1S/C18H21FN2O3S2/c1-3-15-13(2)12-16(25-15)18(22)20-8-10-21(11-9-20)26(23,24)17-7-5-4-6-14(17)19/h4-7,12H,3,8-11H2,1-2H3. The second-order valence-corrected chi connectivity index (χ2v) is 9.24. The highest BCUT2D eigenvalue weighted by atomic mass is 32.2. The van der Waals surface area contributed by atoms with Crippen LogP contribution in [0, 0.1) is 12.7 Å². The van der Waals surface area contributed by atoms with Gasteiger partial charge in [-0.05, 0) is 37.1 Å². The number of carbonyl (C=O) groups is 1. The maximum Gasteiger partial charge on any atom is 0.264 e. The zero-order valence-corrected chi connectivity index (χ0v) is 16.4.